The smallest absolute Gasteiger partial charge is 0.252 e. The molecule has 0 bridgehead atoms. The predicted molar refractivity (Wildman–Crippen MR) is 40.7 cm³/mol. The van der Waals surface area contributed by atoms with Crippen molar-refractivity contribution in [2.45, 2.75) is 6.92 Å². The Labute approximate surface area is 68.3 Å². The summed E-state index contributed by atoms with van der Waals surface area (Å²) < 4.78 is 25.5. The molecule has 1 rings (SSSR count). The minimum Gasteiger partial charge on any atom is -0.272 e. The summed E-state index contributed by atoms with van der Waals surface area (Å²) in [6.07, 6.45) is 0. The van der Waals surface area contributed by atoms with E-state index in [1.54, 1.807) is 0 Å². The lowest BCUT2D eigenvalue weighted by atomic mass is 10.3. The average Bonchev–Trinajstić information content (AvgIpc) is 2.04. The number of rotatable bonds is 1. The molecular weight excluding hydrogens is 164 g/mol. The van der Waals surface area contributed by atoms with E-state index in [4.69, 9.17) is 0 Å². The fourth-order valence-corrected chi connectivity index (χ4v) is 0.781. The Hall–Kier alpha value is -1.45. The van der Waals surface area contributed by atoms with E-state index in [2.05, 4.69) is 0 Å². The summed E-state index contributed by atoms with van der Waals surface area (Å²) in [6, 6.07) is 5.16. The van der Waals surface area contributed by atoms with Gasteiger partial charge in [0.15, 0.2) is 0 Å². The zero-order valence-corrected chi connectivity index (χ0v) is 6.42. The van der Waals surface area contributed by atoms with Gasteiger partial charge in [-0.2, -0.15) is 0 Å². The van der Waals surface area contributed by atoms with E-state index in [0.29, 0.717) is 0 Å². The first kappa shape index (κ1) is 8.64. The van der Waals surface area contributed by atoms with Gasteiger partial charge in [0, 0.05) is 6.92 Å². The molecule has 4 heteroatoms. The summed E-state index contributed by atoms with van der Waals surface area (Å²) in [4.78, 5) is 10.5. The topological polar surface area (TPSA) is 20.3 Å². The van der Waals surface area contributed by atoms with E-state index in [0.717, 1.165) is 13.0 Å². The highest BCUT2D eigenvalue weighted by molar-refractivity contribution is 5.89. The summed E-state index contributed by atoms with van der Waals surface area (Å²) in [5.41, 5.74) is -0.356. The molecule has 0 N–H and O–H groups in total. The second-order valence-electron chi connectivity index (χ2n) is 2.25. The largest absolute Gasteiger partial charge is 0.272 e. The molecule has 0 atom stereocenters. The Morgan fingerprint density at radius 2 is 2.00 bits per heavy atom. The van der Waals surface area contributed by atoms with Crippen LogP contribution < -0.4 is 5.12 Å². The van der Waals surface area contributed by atoms with Crippen LogP contribution in [0, 0.1) is 5.82 Å². The highest BCUT2D eigenvalue weighted by Crippen LogP contribution is 2.18. The van der Waals surface area contributed by atoms with Crippen molar-refractivity contribution in [3.05, 3.63) is 30.1 Å². The summed E-state index contributed by atoms with van der Waals surface area (Å²) in [5, 5.41) is -0.227. The number of hydrogen-bond acceptors (Lipinski definition) is 1. The third-order valence-corrected chi connectivity index (χ3v) is 1.34. The number of para-hydroxylation sites is 1. The zero-order chi connectivity index (χ0) is 9.14. The molecular formula is C8H7F2NO. The molecule has 0 radical (unpaired) electrons. The fraction of sp³-hybridized carbons (Fsp3) is 0.125. The van der Waals surface area contributed by atoms with Crippen LogP contribution in [0.1, 0.15) is 6.92 Å². The SMILES string of the molecule is CC(=O)N(F)c1ccccc1F. The van der Waals surface area contributed by atoms with Gasteiger partial charge in [-0.05, 0) is 12.1 Å². The number of carbonyl (C=O) groups excluding carboxylic acids is 1. The van der Waals surface area contributed by atoms with Crippen molar-refractivity contribution in [3.63, 3.8) is 0 Å². The second-order valence-corrected chi connectivity index (χ2v) is 2.25. The van der Waals surface area contributed by atoms with Crippen LogP contribution in [0.2, 0.25) is 0 Å². The summed E-state index contributed by atoms with van der Waals surface area (Å²) >= 11 is 0. The van der Waals surface area contributed by atoms with Crippen molar-refractivity contribution in [2.75, 3.05) is 5.12 Å². The van der Waals surface area contributed by atoms with Gasteiger partial charge in [0.1, 0.15) is 11.5 Å². The van der Waals surface area contributed by atoms with Crippen molar-refractivity contribution >= 4 is 11.6 Å². The number of anilines is 1. The number of amides is 1. The molecule has 0 saturated heterocycles. The molecule has 1 amide bonds. The second kappa shape index (κ2) is 3.30. The average molecular weight is 171 g/mol. The number of nitrogens with zero attached hydrogens (tertiary/aromatic N) is 1. The molecule has 1 aromatic rings. The molecule has 12 heavy (non-hydrogen) atoms. The van der Waals surface area contributed by atoms with E-state index in [1.165, 1.54) is 18.2 Å². The molecule has 1 aromatic carbocycles. The lowest BCUT2D eigenvalue weighted by Gasteiger charge is -2.08. The Morgan fingerprint density at radius 1 is 1.42 bits per heavy atom. The van der Waals surface area contributed by atoms with Crippen molar-refractivity contribution in [2.24, 2.45) is 0 Å². The van der Waals surface area contributed by atoms with Crippen molar-refractivity contribution < 1.29 is 13.7 Å². The van der Waals surface area contributed by atoms with Gasteiger partial charge in [0.05, 0.1) is 0 Å². The van der Waals surface area contributed by atoms with E-state index >= 15 is 0 Å². The van der Waals surface area contributed by atoms with Gasteiger partial charge in [0.25, 0.3) is 5.91 Å². The molecule has 2 nitrogen and oxygen atoms in total. The van der Waals surface area contributed by atoms with Crippen LogP contribution in [-0.2, 0) is 4.79 Å². The van der Waals surface area contributed by atoms with Crippen LogP contribution in [-0.4, -0.2) is 5.91 Å². The van der Waals surface area contributed by atoms with Crippen LogP contribution >= 0.6 is 0 Å². The predicted octanol–water partition coefficient (Wildman–Crippen LogP) is 2.06. The third kappa shape index (κ3) is 1.58. The van der Waals surface area contributed by atoms with Crippen molar-refractivity contribution in [1.82, 2.24) is 0 Å². The van der Waals surface area contributed by atoms with Crippen LogP contribution in [0.15, 0.2) is 24.3 Å². The number of hydrogen-bond donors (Lipinski definition) is 0. The maximum Gasteiger partial charge on any atom is 0.252 e. The first-order chi connectivity index (χ1) is 5.63. The summed E-state index contributed by atoms with van der Waals surface area (Å²) in [7, 11) is 0. The molecule has 64 valence electrons. The van der Waals surface area contributed by atoms with Crippen LogP contribution in [0.4, 0.5) is 14.6 Å². The van der Waals surface area contributed by atoms with Crippen molar-refractivity contribution in [1.29, 1.82) is 0 Å². The summed E-state index contributed by atoms with van der Waals surface area (Å²) in [6.45, 7) is 1.02. The molecule has 0 aromatic heterocycles. The van der Waals surface area contributed by atoms with E-state index in [1.807, 2.05) is 0 Å². The van der Waals surface area contributed by atoms with E-state index < -0.39 is 11.7 Å². The van der Waals surface area contributed by atoms with Gasteiger partial charge < -0.3 is 0 Å². The number of halogens is 2. The lowest BCUT2D eigenvalue weighted by Crippen LogP contribution is -2.18. The molecule has 0 aliphatic carbocycles. The first-order valence-corrected chi connectivity index (χ1v) is 3.34. The third-order valence-electron chi connectivity index (χ3n) is 1.34. The van der Waals surface area contributed by atoms with E-state index in [-0.39, 0.29) is 10.8 Å². The minimum absolute atomic E-state index is 0.227. The summed E-state index contributed by atoms with van der Waals surface area (Å²) in [5.74, 6) is -1.60. The lowest BCUT2D eigenvalue weighted by molar-refractivity contribution is -0.119. The Morgan fingerprint density at radius 3 is 2.50 bits per heavy atom. The number of carbonyl (C=O) groups is 1. The quantitative estimate of drug-likeness (QED) is 0.592. The van der Waals surface area contributed by atoms with Gasteiger partial charge >= 0.3 is 0 Å². The Balaban J connectivity index is 3.02. The standard InChI is InChI=1S/C8H7F2NO/c1-6(12)11(10)8-5-3-2-4-7(8)9/h2-5H,1H3. The van der Waals surface area contributed by atoms with E-state index in [9.17, 15) is 13.7 Å². The van der Waals surface area contributed by atoms with Crippen LogP contribution in [0.5, 0.6) is 0 Å². The van der Waals surface area contributed by atoms with Crippen molar-refractivity contribution in [3.8, 4) is 0 Å². The minimum atomic E-state index is -0.847. The van der Waals surface area contributed by atoms with Crippen LogP contribution in [0.25, 0.3) is 0 Å². The number of benzene rings is 1. The maximum atomic E-state index is 12.8. The van der Waals surface area contributed by atoms with Gasteiger partial charge in [-0.15, -0.1) is 5.12 Å². The van der Waals surface area contributed by atoms with Gasteiger partial charge in [-0.3, -0.25) is 4.79 Å². The molecule has 0 unspecified atom stereocenters. The highest BCUT2D eigenvalue weighted by atomic mass is 19.2. The zero-order valence-electron chi connectivity index (χ0n) is 6.42. The Kier molecular flexibility index (Phi) is 2.38. The van der Waals surface area contributed by atoms with Gasteiger partial charge in [-0.1, -0.05) is 16.6 Å². The van der Waals surface area contributed by atoms with Crippen LogP contribution in [0.3, 0.4) is 0 Å². The molecule has 0 saturated carbocycles. The maximum absolute atomic E-state index is 12.8. The molecule has 0 fully saturated rings. The highest BCUT2D eigenvalue weighted by Gasteiger charge is 2.13. The Bertz CT molecular complexity index is 301. The fourth-order valence-electron chi connectivity index (χ4n) is 0.781. The van der Waals surface area contributed by atoms with Gasteiger partial charge in [-0.25, -0.2) is 4.39 Å². The monoisotopic (exact) mass is 171 g/mol. The molecule has 0 heterocycles. The molecule has 0 aliphatic heterocycles. The molecule has 0 aliphatic rings. The molecule has 0 spiro atoms. The first-order valence-electron chi connectivity index (χ1n) is 3.34. The van der Waals surface area contributed by atoms with Gasteiger partial charge in [0.2, 0.25) is 0 Å². The normalized spacial score (nSPS) is 9.58.